The van der Waals surface area contributed by atoms with Gasteiger partial charge in [0, 0.05) is 17.7 Å². The first-order chi connectivity index (χ1) is 13.0. The number of nitrogens with one attached hydrogen (secondary N) is 1. The second-order valence-electron chi connectivity index (χ2n) is 8.26. The van der Waals surface area contributed by atoms with E-state index in [0.29, 0.717) is 0 Å². The third-order valence-corrected chi connectivity index (χ3v) is 6.07. The second-order valence-corrected chi connectivity index (χ2v) is 12.7. The summed E-state index contributed by atoms with van der Waals surface area (Å²) in [5.74, 6) is 0. The summed E-state index contributed by atoms with van der Waals surface area (Å²) in [7, 11) is -1.83. The van der Waals surface area contributed by atoms with Crippen molar-refractivity contribution in [3.63, 3.8) is 0 Å². The van der Waals surface area contributed by atoms with Gasteiger partial charge in [0.25, 0.3) is 0 Å². The number of hydrogen-bond donors (Lipinski definition) is 1. The zero-order valence-corrected chi connectivity index (χ0v) is 17.3. The van der Waals surface area contributed by atoms with Gasteiger partial charge in [-0.25, -0.2) is 0 Å². The summed E-state index contributed by atoms with van der Waals surface area (Å²) in [6.45, 7) is 6.83. The van der Waals surface area contributed by atoms with E-state index in [4.69, 9.17) is 4.43 Å². The molecule has 2 atom stereocenters. The molecule has 0 saturated heterocycles. The number of rotatable bonds is 4. The fraction of sp³-hybridized carbons (Fsp3) is 0.250. The SMILES string of the molecule is C[Si](C)(C)O[C@@]1(c2ccccc2)CC(c2ccccc2)Nc2ccccc21. The quantitative estimate of drug-likeness (QED) is 0.539. The average molecular weight is 374 g/mol. The van der Waals surface area contributed by atoms with Crippen LogP contribution in [-0.4, -0.2) is 8.32 Å². The molecule has 3 aromatic rings. The van der Waals surface area contributed by atoms with Gasteiger partial charge in [0.05, 0.1) is 6.04 Å². The Morgan fingerprint density at radius 3 is 2.07 bits per heavy atom. The minimum absolute atomic E-state index is 0.206. The predicted octanol–water partition coefficient (Wildman–Crippen LogP) is 6.34. The summed E-state index contributed by atoms with van der Waals surface area (Å²) >= 11 is 0. The van der Waals surface area contributed by atoms with Crippen LogP contribution < -0.4 is 5.32 Å². The largest absolute Gasteiger partial charge is 0.404 e. The van der Waals surface area contributed by atoms with Crippen LogP contribution >= 0.6 is 0 Å². The molecule has 27 heavy (non-hydrogen) atoms. The topological polar surface area (TPSA) is 21.3 Å². The Labute approximate surface area is 163 Å². The van der Waals surface area contributed by atoms with Gasteiger partial charge in [0.2, 0.25) is 0 Å². The Kier molecular flexibility index (Phi) is 4.66. The number of para-hydroxylation sites is 1. The molecule has 2 nitrogen and oxygen atoms in total. The molecule has 1 unspecified atom stereocenters. The molecule has 1 N–H and O–H groups in total. The standard InChI is InChI=1S/C24H27NOSi/c1-27(2,3)26-24(20-14-8-5-9-15-20)18-23(19-12-6-4-7-13-19)25-22-17-11-10-16-21(22)24/h4-17,23,25H,18H2,1-3H3/t23?,24-/m1/s1. The van der Waals surface area contributed by atoms with Gasteiger partial charge in [-0.1, -0.05) is 78.9 Å². The highest BCUT2D eigenvalue weighted by atomic mass is 28.4. The lowest BCUT2D eigenvalue weighted by Crippen LogP contribution is -2.46. The molecule has 0 bridgehead atoms. The molecule has 4 rings (SSSR count). The number of benzene rings is 3. The van der Waals surface area contributed by atoms with E-state index < -0.39 is 13.9 Å². The third-order valence-electron chi connectivity index (χ3n) is 5.11. The number of hydrogen-bond acceptors (Lipinski definition) is 2. The van der Waals surface area contributed by atoms with Gasteiger partial charge in [-0.3, -0.25) is 0 Å². The van der Waals surface area contributed by atoms with E-state index in [-0.39, 0.29) is 6.04 Å². The molecule has 0 aliphatic carbocycles. The summed E-state index contributed by atoms with van der Waals surface area (Å²) < 4.78 is 7.03. The van der Waals surface area contributed by atoms with Gasteiger partial charge in [0.15, 0.2) is 8.32 Å². The Hall–Kier alpha value is -2.36. The van der Waals surface area contributed by atoms with E-state index in [2.05, 4.69) is 110 Å². The van der Waals surface area contributed by atoms with E-state index in [1.165, 1.54) is 22.4 Å². The molecule has 1 heterocycles. The molecule has 0 amide bonds. The zero-order chi connectivity index (χ0) is 18.9. The maximum absolute atomic E-state index is 7.03. The lowest BCUT2D eigenvalue weighted by atomic mass is 9.76. The summed E-state index contributed by atoms with van der Waals surface area (Å²) in [5, 5.41) is 3.76. The normalized spacial score (nSPS) is 22.0. The van der Waals surface area contributed by atoms with Gasteiger partial charge in [-0.05, 0) is 36.8 Å². The monoisotopic (exact) mass is 373 g/mol. The van der Waals surface area contributed by atoms with Crippen molar-refractivity contribution in [1.82, 2.24) is 0 Å². The molecule has 0 fully saturated rings. The van der Waals surface area contributed by atoms with E-state index >= 15 is 0 Å². The minimum Gasteiger partial charge on any atom is -0.404 e. The molecule has 1 aliphatic heterocycles. The van der Waals surface area contributed by atoms with Gasteiger partial charge in [-0.15, -0.1) is 0 Å². The molecule has 0 radical (unpaired) electrons. The van der Waals surface area contributed by atoms with Gasteiger partial charge in [-0.2, -0.15) is 0 Å². The first kappa shape index (κ1) is 18.0. The van der Waals surface area contributed by atoms with E-state index in [1.807, 2.05) is 0 Å². The van der Waals surface area contributed by atoms with Crippen LogP contribution in [0.25, 0.3) is 0 Å². The lowest BCUT2D eigenvalue weighted by molar-refractivity contribution is 0.0816. The van der Waals surface area contributed by atoms with E-state index in [0.717, 1.165) is 6.42 Å². The second kappa shape index (κ2) is 6.99. The lowest BCUT2D eigenvalue weighted by Gasteiger charge is -2.47. The van der Waals surface area contributed by atoms with Gasteiger partial charge < -0.3 is 9.74 Å². The van der Waals surface area contributed by atoms with Crippen LogP contribution in [0.2, 0.25) is 19.6 Å². The highest BCUT2D eigenvalue weighted by Gasteiger charge is 2.45. The van der Waals surface area contributed by atoms with Crippen molar-refractivity contribution in [2.24, 2.45) is 0 Å². The van der Waals surface area contributed by atoms with Crippen LogP contribution in [0, 0.1) is 0 Å². The molecule has 3 heteroatoms. The Morgan fingerprint density at radius 1 is 0.815 bits per heavy atom. The number of fused-ring (bicyclic) bond motifs is 1. The predicted molar refractivity (Wildman–Crippen MR) is 116 cm³/mol. The highest BCUT2D eigenvalue weighted by molar-refractivity contribution is 6.69. The third kappa shape index (κ3) is 3.57. The van der Waals surface area contributed by atoms with Gasteiger partial charge >= 0.3 is 0 Å². The van der Waals surface area contributed by atoms with E-state index in [1.54, 1.807) is 0 Å². The molecular weight excluding hydrogens is 346 g/mol. The van der Waals surface area contributed by atoms with Gasteiger partial charge in [0.1, 0.15) is 5.60 Å². The van der Waals surface area contributed by atoms with Crippen molar-refractivity contribution in [2.45, 2.75) is 37.7 Å². The molecule has 0 saturated carbocycles. The van der Waals surface area contributed by atoms with Crippen LogP contribution in [0.1, 0.15) is 29.2 Å². The van der Waals surface area contributed by atoms with Crippen molar-refractivity contribution in [3.05, 3.63) is 102 Å². The summed E-state index contributed by atoms with van der Waals surface area (Å²) in [6.07, 6.45) is 0.877. The summed E-state index contributed by atoms with van der Waals surface area (Å²) in [5.41, 5.74) is 4.51. The van der Waals surface area contributed by atoms with Crippen molar-refractivity contribution in [2.75, 3.05) is 5.32 Å². The van der Waals surface area contributed by atoms with Crippen molar-refractivity contribution in [3.8, 4) is 0 Å². The number of anilines is 1. The molecule has 3 aromatic carbocycles. The van der Waals surface area contributed by atoms with E-state index in [9.17, 15) is 0 Å². The van der Waals surface area contributed by atoms with Crippen molar-refractivity contribution in [1.29, 1.82) is 0 Å². The van der Waals surface area contributed by atoms with Crippen LogP contribution in [-0.2, 0) is 10.0 Å². The Bertz CT molecular complexity index is 904. The van der Waals surface area contributed by atoms with Crippen LogP contribution in [0.3, 0.4) is 0 Å². The molecule has 0 aromatic heterocycles. The smallest absolute Gasteiger partial charge is 0.185 e. The highest BCUT2D eigenvalue weighted by Crippen LogP contribution is 2.50. The van der Waals surface area contributed by atoms with Crippen LogP contribution in [0.4, 0.5) is 5.69 Å². The molecular formula is C24H27NOSi. The molecule has 0 spiro atoms. The zero-order valence-electron chi connectivity index (χ0n) is 16.3. The fourth-order valence-electron chi connectivity index (χ4n) is 4.14. The average Bonchev–Trinajstić information content (AvgIpc) is 2.68. The maximum Gasteiger partial charge on any atom is 0.185 e. The molecule has 1 aliphatic rings. The Morgan fingerprint density at radius 2 is 1.41 bits per heavy atom. The molecule has 138 valence electrons. The Balaban J connectivity index is 1.92. The first-order valence-corrected chi connectivity index (χ1v) is 13.1. The van der Waals surface area contributed by atoms with Crippen molar-refractivity contribution >= 4 is 14.0 Å². The van der Waals surface area contributed by atoms with Crippen molar-refractivity contribution < 1.29 is 4.43 Å². The van der Waals surface area contributed by atoms with Crippen LogP contribution in [0.15, 0.2) is 84.9 Å². The summed E-state index contributed by atoms with van der Waals surface area (Å²) in [6, 6.07) is 30.3. The maximum atomic E-state index is 7.03. The minimum atomic E-state index is -1.83. The summed E-state index contributed by atoms with van der Waals surface area (Å²) in [4.78, 5) is 0. The first-order valence-electron chi connectivity index (χ1n) is 9.65. The van der Waals surface area contributed by atoms with Crippen LogP contribution in [0.5, 0.6) is 0 Å². The fourth-order valence-corrected chi connectivity index (χ4v) is 5.50.